The molecule has 0 aromatic heterocycles. The van der Waals surface area contributed by atoms with Crippen LogP contribution in [0.2, 0.25) is 0 Å². The van der Waals surface area contributed by atoms with Gasteiger partial charge in [-0.3, -0.25) is 0 Å². The van der Waals surface area contributed by atoms with Crippen LogP contribution in [0.25, 0.3) is 0 Å². The van der Waals surface area contributed by atoms with Crippen molar-refractivity contribution in [2.75, 3.05) is 0 Å². The summed E-state index contributed by atoms with van der Waals surface area (Å²) in [6.07, 6.45) is -0.601. The molecule has 0 aliphatic rings. The van der Waals surface area contributed by atoms with E-state index in [-0.39, 0.29) is 11.7 Å². The predicted octanol–water partition coefficient (Wildman–Crippen LogP) is 1.65. The molecule has 5 heteroatoms. The van der Waals surface area contributed by atoms with E-state index >= 15 is 0 Å². The highest BCUT2D eigenvalue weighted by Crippen LogP contribution is 2.19. The summed E-state index contributed by atoms with van der Waals surface area (Å²) in [7, 11) is 0. The van der Waals surface area contributed by atoms with Gasteiger partial charge in [0.2, 0.25) is 0 Å². The normalized spacial score (nSPS) is 13.7. The Kier molecular flexibility index (Phi) is 3.49. The van der Waals surface area contributed by atoms with E-state index in [0.717, 1.165) is 5.56 Å². The van der Waals surface area contributed by atoms with Crippen LogP contribution in [0.4, 0.5) is 4.39 Å². The van der Waals surface area contributed by atoms with Crippen LogP contribution >= 0.6 is 0 Å². The number of hydrogen-bond donors (Lipinski definition) is 2. The molecule has 1 aromatic carbocycles. The molecule has 3 N–H and O–H groups in total. The minimum Gasteiger partial charge on any atom is -0.482 e. The van der Waals surface area contributed by atoms with E-state index < -0.39 is 6.10 Å². The van der Waals surface area contributed by atoms with Crippen molar-refractivity contribution in [2.45, 2.75) is 20.0 Å². The first-order valence-corrected chi connectivity index (χ1v) is 4.45. The summed E-state index contributed by atoms with van der Waals surface area (Å²) < 4.78 is 18.2. The molecule has 0 aliphatic heterocycles. The van der Waals surface area contributed by atoms with Crippen molar-refractivity contribution in [1.82, 2.24) is 0 Å². The van der Waals surface area contributed by atoms with E-state index in [1.807, 2.05) is 0 Å². The largest absolute Gasteiger partial charge is 0.482 e. The Balaban J connectivity index is 2.85. The zero-order chi connectivity index (χ0) is 11.4. The van der Waals surface area contributed by atoms with Gasteiger partial charge in [-0.25, -0.2) is 4.39 Å². The molecular formula is C10H13FN2O2. The molecule has 0 fully saturated rings. The highest BCUT2D eigenvalue weighted by atomic mass is 19.1. The SMILES string of the molecule is Cc1ccc(F)cc1OC(C)/C(N)=N/O. The Bertz CT molecular complexity index is 380. The molecule has 1 unspecified atom stereocenters. The Morgan fingerprint density at radius 1 is 1.60 bits per heavy atom. The number of ether oxygens (including phenoxy) is 1. The maximum atomic E-state index is 12.9. The van der Waals surface area contributed by atoms with Crippen LogP contribution in [0.5, 0.6) is 5.75 Å². The molecule has 1 rings (SSSR count). The van der Waals surface area contributed by atoms with Gasteiger partial charge in [0.1, 0.15) is 11.6 Å². The number of amidine groups is 1. The van der Waals surface area contributed by atoms with Gasteiger partial charge in [-0.1, -0.05) is 11.2 Å². The Hall–Kier alpha value is -1.78. The second-order valence-corrected chi connectivity index (χ2v) is 3.19. The number of rotatable bonds is 3. The molecule has 0 saturated carbocycles. The highest BCUT2D eigenvalue weighted by Gasteiger charge is 2.11. The minimum absolute atomic E-state index is 0.0568. The number of hydrogen-bond acceptors (Lipinski definition) is 3. The number of halogens is 1. The second-order valence-electron chi connectivity index (χ2n) is 3.19. The van der Waals surface area contributed by atoms with Crippen molar-refractivity contribution in [3.63, 3.8) is 0 Å². The van der Waals surface area contributed by atoms with Crippen molar-refractivity contribution in [3.8, 4) is 5.75 Å². The van der Waals surface area contributed by atoms with Gasteiger partial charge in [-0.05, 0) is 25.5 Å². The molecular weight excluding hydrogens is 199 g/mol. The standard InChI is InChI=1S/C10H13FN2O2/c1-6-3-4-8(11)5-9(6)15-7(2)10(12)13-14/h3-5,7,14H,1-2H3,(H2,12,13). The summed E-state index contributed by atoms with van der Waals surface area (Å²) in [6, 6.07) is 4.20. The zero-order valence-electron chi connectivity index (χ0n) is 8.57. The van der Waals surface area contributed by atoms with E-state index in [1.165, 1.54) is 12.1 Å². The summed E-state index contributed by atoms with van der Waals surface area (Å²) in [5.74, 6) is -0.0601. The van der Waals surface area contributed by atoms with Gasteiger partial charge in [-0.15, -0.1) is 0 Å². The van der Waals surface area contributed by atoms with E-state index in [4.69, 9.17) is 15.7 Å². The molecule has 0 bridgehead atoms. The highest BCUT2D eigenvalue weighted by molar-refractivity contribution is 5.84. The van der Waals surface area contributed by atoms with Crippen molar-refractivity contribution in [3.05, 3.63) is 29.6 Å². The second kappa shape index (κ2) is 4.63. The van der Waals surface area contributed by atoms with E-state index in [0.29, 0.717) is 5.75 Å². The van der Waals surface area contributed by atoms with Crippen LogP contribution in [-0.4, -0.2) is 17.1 Å². The molecule has 0 radical (unpaired) electrons. The summed E-state index contributed by atoms with van der Waals surface area (Å²) in [6.45, 7) is 3.40. The molecule has 0 amide bonds. The van der Waals surface area contributed by atoms with Gasteiger partial charge >= 0.3 is 0 Å². The minimum atomic E-state index is -0.601. The van der Waals surface area contributed by atoms with Gasteiger partial charge in [-0.2, -0.15) is 0 Å². The van der Waals surface area contributed by atoms with E-state index in [2.05, 4.69) is 5.16 Å². The van der Waals surface area contributed by atoms with E-state index in [1.54, 1.807) is 19.9 Å². The first-order valence-electron chi connectivity index (χ1n) is 4.45. The maximum Gasteiger partial charge on any atom is 0.180 e. The van der Waals surface area contributed by atoms with Crippen LogP contribution in [0.3, 0.4) is 0 Å². The van der Waals surface area contributed by atoms with Crippen LogP contribution in [0.15, 0.2) is 23.4 Å². The molecule has 4 nitrogen and oxygen atoms in total. The molecule has 0 spiro atoms. The van der Waals surface area contributed by atoms with Gasteiger partial charge in [0.05, 0.1) is 0 Å². The van der Waals surface area contributed by atoms with Gasteiger partial charge in [0.25, 0.3) is 0 Å². The van der Waals surface area contributed by atoms with Crippen molar-refractivity contribution < 1.29 is 14.3 Å². The topological polar surface area (TPSA) is 67.8 Å². The molecule has 82 valence electrons. The smallest absolute Gasteiger partial charge is 0.180 e. The van der Waals surface area contributed by atoms with E-state index in [9.17, 15) is 4.39 Å². The molecule has 1 aromatic rings. The van der Waals surface area contributed by atoms with Gasteiger partial charge in [0.15, 0.2) is 11.9 Å². The average molecular weight is 212 g/mol. The third kappa shape index (κ3) is 2.83. The lowest BCUT2D eigenvalue weighted by Gasteiger charge is -2.14. The van der Waals surface area contributed by atoms with Crippen LogP contribution in [0.1, 0.15) is 12.5 Å². The fourth-order valence-electron chi connectivity index (χ4n) is 1.03. The summed E-state index contributed by atoms with van der Waals surface area (Å²) in [4.78, 5) is 0. The van der Waals surface area contributed by atoms with Crippen molar-refractivity contribution in [2.24, 2.45) is 10.9 Å². The maximum absolute atomic E-state index is 12.9. The lowest BCUT2D eigenvalue weighted by Crippen LogP contribution is -2.31. The van der Waals surface area contributed by atoms with Crippen LogP contribution < -0.4 is 10.5 Å². The third-order valence-corrected chi connectivity index (χ3v) is 1.99. The number of oxime groups is 1. The first kappa shape index (κ1) is 11.3. The number of nitrogens with zero attached hydrogens (tertiary/aromatic N) is 1. The zero-order valence-corrected chi connectivity index (χ0v) is 8.57. The molecule has 0 saturated heterocycles. The number of benzene rings is 1. The lowest BCUT2D eigenvalue weighted by atomic mass is 10.2. The van der Waals surface area contributed by atoms with Crippen molar-refractivity contribution in [1.29, 1.82) is 0 Å². The Morgan fingerprint density at radius 2 is 2.27 bits per heavy atom. The number of nitrogens with two attached hydrogens (primary N) is 1. The molecule has 0 aliphatic carbocycles. The molecule has 1 atom stereocenters. The Morgan fingerprint density at radius 3 is 2.87 bits per heavy atom. The summed E-state index contributed by atoms with van der Waals surface area (Å²) in [5, 5.41) is 11.2. The summed E-state index contributed by atoms with van der Waals surface area (Å²) >= 11 is 0. The fraction of sp³-hybridized carbons (Fsp3) is 0.300. The summed E-state index contributed by atoms with van der Waals surface area (Å²) in [5.41, 5.74) is 6.12. The van der Waals surface area contributed by atoms with Crippen LogP contribution in [-0.2, 0) is 0 Å². The quantitative estimate of drug-likeness (QED) is 0.346. The van der Waals surface area contributed by atoms with Gasteiger partial charge in [0, 0.05) is 6.07 Å². The van der Waals surface area contributed by atoms with Crippen molar-refractivity contribution >= 4 is 5.84 Å². The monoisotopic (exact) mass is 212 g/mol. The van der Waals surface area contributed by atoms with Crippen LogP contribution in [0, 0.1) is 12.7 Å². The number of aryl methyl sites for hydroxylation is 1. The van der Waals surface area contributed by atoms with Gasteiger partial charge < -0.3 is 15.7 Å². The lowest BCUT2D eigenvalue weighted by molar-refractivity contribution is 0.263. The molecule has 15 heavy (non-hydrogen) atoms. The predicted molar refractivity (Wildman–Crippen MR) is 54.6 cm³/mol. The molecule has 0 heterocycles. The fourth-order valence-corrected chi connectivity index (χ4v) is 1.03. The third-order valence-electron chi connectivity index (χ3n) is 1.99. The average Bonchev–Trinajstić information content (AvgIpc) is 2.22. The first-order chi connectivity index (χ1) is 7.04. The Labute approximate surface area is 87.2 Å².